The van der Waals surface area contributed by atoms with Crippen molar-refractivity contribution in [2.24, 2.45) is 56.7 Å². The van der Waals surface area contributed by atoms with Crippen LogP contribution in [0.25, 0.3) is 6.08 Å². The topological polar surface area (TPSA) is 46.5 Å². The van der Waals surface area contributed by atoms with Crippen molar-refractivity contribution in [2.45, 2.75) is 132 Å². The highest BCUT2D eigenvalue weighted by Crippen LogP contribution is 2.88. The predicted octanol–water partition coefficient (Wildman–Crippen LogP) is 10.8. The number of allylic oxidation sites excluding steroid dienone is 1. The maximum Gasteiger partial charge on any atom is 0.331 e. The third-order valence-corrected chi connectivity index (χ3v) is 15.9. The minimum absolute atomic E-state index is 0.0194. The van der Waals surface area contributed by atoms with Crippen LogP contribution in [0.1, 0.15) is 131 Å². The SMILES string of the molecule is C=C(C)[C@](C)(CC)CC[C@@H](C)[C@H]1CC[C@@]2(C)[C@H]3CC[C@H]4[C@H](C)[C@@H](OC(=O)C=Cc5ccc(O)cc5)CC[C@@]45C[C@@]35CC[C@]12C. The maximum atomic E-state index is 12.9. The Kier molecular flexibility index (Phi) is 8.02. The van der Waals surface area contributed by atoms with Gasteiger partial charge in [-0.1, -0.05) is 65.8 Å². The molecule has 0 heterocycles. The molecule has 44 heavy (non-hydrogen) atoms. The number of ether oxygens (including phenoxy) is 1. The lowest BCUT2D eigenvalue weighted by Crippen LogP contribution is -2.56. The summed E-state index contributed by atoms with van der Waals surface area (Å²) in [6, 6.07) is 6.91. The molecule has 0 bridgehead atoms. The van der Waals surface area contributed by atoms with Gasteiger partial charge in [-0.2, -0.15) is 0 Å². The van der Waals surface area contributed by atoms with E-state index in [2.05, 4.69) is 55.0 Å². The average Bonchev–Trinajstić information content (AvgIpc) is 3.58. The first-order valence-electron chi connectivity index (χ1n) is 18.1. The molecular weight excluding hydrogens is 540 g/mol. The summed E-state index contributed by atoms with van der Waals surface area (Å²) in [5.41, 5.74) is 4.44. The van der Waals surface area contributed by atoms with Gasteiger partial charge in [-0.3, -0.25) is 0 Å². The number of hydrogen-bond donors (Lipinski definition) is 1. The minimum Gasteiger partial charge on any atom is -0.508 e. The molecule has 3 heteroatoms. The Labute approximate surface area is 268 Å². The normalized spacial score (nSPS) is 42.8. The van der Waals surface area contributed by atoms with Gasteiger partial charge in [0.1, 0.15) is 11.9 Å². The number of hydrogen-bond acceptors (Lipinski definition) is 3. The highest BCUT2D eigenvalue weighted by atomic mass is 16.5. The summed E-state index contributed by atoms with van der Waals surface area (Å²) < 4.78 is 6.13. The molecule has 1 N–H and O–H groups in total. The number of carbonyl (C=O) groups is 1. The molecule has 0 radical (unpaired) electrons. The van der Waals surface area contributed by atoms with Crippen LogP contribution in [-0.4, -0.2) is 17.2 Å². The van der Waals surface area contributed by atoms with E-state index in [1.807, 2.05) is 12.1 Å². The third-order valence-electron chi connectivity index (χ3n) is 15.9. The van der Waals surface area contributed by atoms with E-state index in [9.17, 15) is 9.90 Å². The zero-order valence-corrected chi connectivity index (χ0v) is 28.9. The smallest absolute Gasteiger partial charge is 0.331 e. The molecule has 1 aromatic carbocycles. The van der Waals surface area contributed by atoms with Gasteiger partial charge >= 0.3 is 5.97 Å². The number of aromatic hydroxyl groups is 1. The second-order valence-corrected chi connectivity index (χ2v) is 17.2. The lowest BCUT2D eigenvalue weighted by atomic mass is 9.43. The highest BCUT2D eigenvalue weighted by Gasteiger charge is 2.81. The van der Waals surface area contributed by atoms with Crippen LogP contribution in [0.2, 0.25) is 0 Å². The van der Waals surface area contributed by atoms with Gasteiger partial charge in [0.15, 0.2) is 0 Å². The highest BCUT2D eigenvalue weighted by molar-refractivity contribution is 5.87. The fourth-order valence-electron chi connectivity index (χ4n) is 12.5. The molecule has 5 saturated carbocycles. The molecule has 242 valence electrons. The number of phenols is 1. The van der Waals surface area contributed by atoms with E-state index in [-0.39, 0.29) is 23.2 Å². The van der Waals surface area contributed by atoms with Crippen LogP contribution in [0.3, 0.4) is 0 Å². The van der Waals surface area contributed by atoms with Crippen LogP contribution in [0.4, 0.5) is 0 Å². The molecule has 0 aliphatic heterocycles. The molecule has 0 unspecified atom stereocenters. The first kappa shape index (κ1) is 31.9. The predicted molar refractivity (Wildman–Crippen MR) is 181 cm³/mol. The number of fused-ring (bicyclic) bond motifs is 2. The molecule has 6 rings (SSSR count). The zero-order chi connectivity index (χ0) is 31.7. The van der Waals surface area contributed by atoms with E-state index < -0.39 is 0 Å². The van der Waals surface area contributed by atoms with E-state index in [0.717, 1.165) is 29.7 Å². The molecule has 5 fully saturated rings. The number of carbonyl (C=O) groups excluding carboxylic acids is 1. The Bertz CT molecular complexity index is 1300. The molecule has 3 nitrogen and oxygen atoms in total. The monoisotopic (exact) mass is 600 g/mol. The summed E-state index contributed by atoms with van der Waals surface area (Å²) in [5.74, 6) is 3.58. The van der Waals surface area contributed by atoms with Gasteiger partial charge in [0.05, 0.1) is 0 Å². The number of phenolic OH excluding ortho intramolecular Hbond substituents is 1. The van der Waals surface area contributed by atoms with Crippen molar-refractivity contribution < 1.29 is 14.6 Å². The van der Waals surface area contributed by atoms with Crippen LogP contribution < -0.4 is 0 Å². The van der Waals surface area contributed by atoms with E-state index in [1.54, 1.807) is 24.3 Å². The van der Waals surface area contributed by atoms with Crippen molar-refractivity contribution in [1.82, 2.24) is 0 Å². The Morgan fingerprint density at radius 2 is 1.80 bits per heavy atom. The van der Waals surface area contributed by atoms with Gasteiger partial charge in [-0.05, 0) is 164 Å². The van der Waals surface area contributed by atoms with Gasteiger partial charge in [0.25, 0.3) is 0 Å². The Morgan fingerprint density at radius 1 is 1.07 bits per heavy atom. The third kappa shape index (κ3) is 4.67. The zero-order valence-electron chi connectivity index (χ0n) is 28.9. The first-order chi connectivity index (χ1) is 20.8. The standard InChI is InChI=1S/C41H60O3/c1-9-37(6,27(2)3)21-18-28(4)32-19-22-39(8)35-16-15-33-29(5)34(44-36(43)17-12-30-10-13-31(42)14-11-30)20-23-40(33)26-41(35,40)25-24-38(32,39)7/h10-14,17,28-29,32-35,42H,2,9,15-16,18-26H2,1,3-8H3/t28-,29+,32-,33+,34+,35-,37-,38-,39+,40-,41+/m1/s1. The number of rotatable bonds is 9. The molecular formula is C41H60O3. The van der Waals surface area contributed by atoms with Gasteiger partial charge in [-0.25, -0.2) is 4.79 Å². The van der Waals surface area contributed by atoms with E-state index in [0.29, 0.717) is 33.5 Å². The largest absolute Gasteiger partial charge is 0.508 e. The van der Waals surface area contributed by atoms with Gasteiger partial charge in [0, 0.05) is 6.08 Å². The molecule has 5 aliphatic carbocycles. The van der Waals surface area contributed by atoms with E-state index >= 15 is 0 Å². The fraction of sp³-hybridized carbons (Fsp3) is 0.732. The summed E-state index contributed by atoms with van der Waals surface area (Å²) in [7, 11) is 0. The van der Waals surface area contributed by atoms with Crippen molar-refractivity contribution >= 4 is 12.0 Å². The molecule has 5 aliphatic rings. The van der Waals surface area contributed by atoms with E-state index in [1.165, 1.54) is 76.2 Å². The number of esters is 1. The molecule has 0 amide bonds. The maximum absolute atomic E-state index is 12.9. The Balaban J connectivity index is 1.12. The second-order valence-electron chi connectivity index (χ2n) is 17.2. The molecule has 0 saturated heterocycles. The van der Waals surface area contributed by atoms with Crippen LogP contribution in [-0.2, 0) is 9.53 Å². The van der Waals surface area contributed by atoms with Crippen molar-refractivity contribution in [3.05, 3.63) is 48.1 Å². The summed E-state index contributed by atoms with van der Waals surface area (Å²) in [6.07, 6.45) is 19.2. The van der Waals surface area contributed by atoms with Crippen LogP contribution in [0.15, 0.2) is 42.5 Å². The van der Waals surface area contributed by atoms with Crippen LogP contribution in [0.5, 0.6) is 5.75 Å². The number of benzene rings is 1. The summed E-state index contributed by atoms with van der Waals surface area (Å²) in [5, 5.41) is 9.52. The lowest BCUT2D eigenvalue weighted by molar-refractivity contribution is -0.162. The summed E-state index contributed by atoms with van der Waals surface area (Å²) >= 11 is 0. The summed E-state index contributed by atoms with van der Waals surface area (Å²) in [4.78, 5) is 12.9. The summed E-state index contributed by atoms with van der Waals surface area (Å²) in [6.45, 7) is 21.8. The van der Waals surface area contributed by atoms with Crippen molar-refractivity contribution in [1.29, 1.82) is 0 Å². The molecule has 11 atom stereocenters. The minimum atomic E-state index is -0.236. The van der Waals surface area contributed by atoms with Crippen molar-refractivity contribution in [3.8, 4) is 5.75 Å². The van der Waals surface area contributed by atoms with Crippen molar-refractivity contribution in [2.75, 3.05) is 0 Å². The Morgan fingerprint density at radius 3 is 2.48 bits per heavy atom. The van der Waals surface area contributed by atoms with Crippen LogP contribution in [0, 0.1) is 56.7 Å². The van der Waals surface area contributed by atoms with Crippen LogP contribution >= 0.6 is 0 Å². The average molecular weight is 601 g/mol. The van der Waals surface area contributed by atoms with Crippen molar-refractivity contribution in [3.63, 3.8) is 0 Å². The molecule has 2 spiro atoms. The first-order valence-corrected chi connectivity index (χ1v) is 18.1. The molecule has 1 aromatic rings. The lowest BCUT2D eigenvalue weighted by Gasteiger charge is -2.62. The molecule has 0 aromatic heterocycles. The quantitative estimate of drug-likeness (QED) is 0.174. The van der Waals surface area contributed by atoms with Gasteiger partial charge in [0.2, 0.25) is 0 Å². The second kappa shape index (κ2) is 11.0. The Hall–Kier alpha value is -2.03. The fourth-order valence-corrected chi connectivity index (χ4v) is 12.5. The van der Waals surface area contributed by atoms with E-state index in [4.69, 9.17) is 4.74 Å². The van der Waals surface area contributed by atoms with Gasteiger partial charge in [-0.15, -0.1) is 0 Å². The van der Waals surface area contributed by atoms with Gasteiger partial charge < -0.3 is 9.84 Å².